The van der Waals surface area contributed by atoms with Gasteiger partial charge < -0.3 is 9.84 Å². The average Bonchev–Trinajstić information content (AvgIpc) is 2.93. The number of ether oxygens (including phenoxy) is 1. The van der Waals surface area contributed by atoms with Gasteiger partial charge in [0, 0.05) is 5.92 Å². The quantitative estimate of drug-likeness (QED) is 0.794. The highest BCUT2D eigenvalue weighted by Gasteiger charge is 2.29. The lowest BCUT2D eigenvalue weighted by Gasteiger charge is -2.15. The Morgan fingerprint density at radius 3 is 2.12 bits per heavy atom. The first-order valence-electron chi connectivity index (χ1n) is 8.54. The Morgan fingerprint density at radius 2 is 1.62 bits per heavy atom. The van der Waals surface area contributed by atoms with E-state index >= 15 is 0 Å². The van der Waals surface area contributed by atoms with Crippen LogP contribution in [0.25, 0.3) is 11.1 Å². The molecule has 5 heteroatoms. The normalized spacial score (nSPS) is 13.3. The van der Waals surface area contributed by atoms with Gasteiger partial charge in [-0.3, -0.25) is 5.32 Å². The molecule has 0 saturated carbocycles. The van der Waals surface area contributed by atoms with Gasteiger partial charge in [0.1, 0.15) is 12.3 Å². The first kappa shape index (κ1) is 17.7. The minimum Gasteiger partial charge on any atom is -0.477 e. The Kier molecular flexibility index (Phi) is 5.07. The molecule has 0 saturated heterocycles. The van der Waals surface area contributed by atoms with Crippen LogP contribution in [0, 0.1) is 5.92 Å². The van der Waals surface area contributed by atoms with Crippen molar-refractivity contribution in [3.8, 4) is 11.1 Å². The van der Waals surface area contributed by atoms with Gasteiger partial charge in [-0.2, -0.15) is 0 Å². The number of aliphatic carboxylic acids is 1. The summed E-state index contributed by atoms with van der Waals surface area (Å²) in [6.07, 6.45) is 0.713. The molecule has 2 aromatic rings. The number of rotatable bonds is 5. The fraction of sp³-hybridized carbons (Fsp3) is 0.238. The highest BCUT2D eigenvalue weighted by atomic mass is 16.5. The first-order chi connectivity index (χ1) is 12.5. The first-order valence-corrected chi connectivity index (χ1v) is 8.54. The molecule has 0 heterocycles. The van der Waals surface area contributed by atoms with Crippen molar-refractivity contribution < 1.29 is 19.4 Å². The van der Waals surface area contributed by atoms with Crippen LogP contribution in [0.3, 0.4) is 0 Å². The molecule has 3 rings (SSSR count). The van der Waals surface area contributed by atoms with Gasteiger partial charge in [0.25, 0.3) is 0 Å². The van der Waals surface area contributed by atoms with E-state index in [2.05, 4.69) is 17.4 Å². The van der Waals surface area contributed by atoms with E-state index < -0.39 is 12.1 Å². The molecule has 134 valence electrons. The van der Waals surface area contributed by atoms with E-state index in [0.29, 0.717) is 0 Å². The average molecular weight is 351 g/mol. The van der Waals surface area contributed by atoms with Gasteiger partial charge >= 0.3 is 12.1 Å². The van der Waals surface area contributed by atoms with Crippen molar-refractivity contribution >= 4 is 12.1 Å². The Labute approximate surface area is 152 Å². The Hall–Kier alpha value is -3.08. The maximum atomic E-state index is 12.1. The van der Waals surface area contributed by atoms with Crippen LogP contribution in [0.2, 0.25) is 0 Å². The number of carbonyl (C=O) groups excluding carboxylic acids is 1. The zero-order chi connectivity index (χ0) is 18.7. The van der Waals surface area contributed by atoms with E-state index in [9.17, 15) is 14.7 Å². The number of nitrogens with one attached hydrogen (secondary N) is 1. The predicted octanol–water partition coefficient (Wildman–Crippen LogP) is 4.15. The molecule has 1 amide bonds. The van der Waals surface area contributed by atoms with E-state index in [4.69, 9.17) is 4.74 Å². The van der Waals surface area contributed by atoms with Gasteiger partial charge in [0.2, 0.25) is 0 Å². The van der Waals surface area contributed by atoms with Crippen LogP contribution < -0.4 is 5.32 Å². The van der Waals surface area contributed by atoms with Crippen molar-refractivity contribution in [1.82, 2.24) is 5.32 Å². The van der Waals surface area contributed by atoms with Crippen LogP contribution in [-0.2, 0) is 9.53 Å². The van der Waals surface area contributed by atoms with E-state index in [0.717, 1.165) is 22.3 Å². The second kappa shape index (κ2) is 7.44. The van der Waals surface area contributed by atoms with Crippen LogP contribution >= 0.6 is 0 Å². The third-order valence-corrected chi connectivity index (χ3v) is 4.31. The number of carboxylic acids is 1. The molecule has 1 aliphatic rings. The number of carbonyl (C=O) groups is 2. The van der Waals surface area contributed by atoms with Gasteiger partial charge in [0.15, 0.2) is 0 Å². The Balaban J connectivity index is 1.74. The summed E-state index contributed by atoms with van der Waals surface area (Å²) in [6, 6.07) is 16.1. The molecule has 26 heavy (non-hydrogen) atoms. The summed E-state index contributed by atoms with van der Waals surface area (Å²) in [4.78, 5) is 23.3. The van der Waals surface area contributed by atoms with Gasteiger partial charge in [-0.15, -0.1) is 0 Å². The summed E-state index contributed by atoms with van der Waals surface area (Å²) in [5.74, 6) is -1.25. The second-order valence-corrected chi connectivity index (χ2v) is 6.58. The summed E-state index contributed by atoms with van der Waals surface area (Å²) in [5, 5.41) is 11.5. The number of hydrogen-bond donors (Lipinski definition) is 2. The number of amides is 1. The molecule has 5 nitrogen and oxygen atoms in total. The van der Waals surface area contributed by atoms with E-state index in [1.807, 2.05) is 50.2 Å². The topological polar surface area (TPSA) is 75.6 Å². The predicted molar refractivity (Wildman–Crippen MR) is 98.8 cm³/mol. The van der Waals surface area contributed by atoms with E-state index in [1.165, 1.54) is 6.08 Å². The standard InChI is InChI=1S/C21H21NO4/c1-13(2)11-19(20(23)24)22-21(25)26-12-18-16-9-5-3-7-14(16)15-8-4-6-10-17(15)18/h3-11,13,18H,12H2,1-2H3,(H,22,25)(H,23,24). The van der Waals surface area contributed by atoms with Gasteiger partial charge in [0.05, 0.1) is 0 Å². The SMILES string of the molecule is CC(C)C=C(NC(=O)OCC1c2ccccc2-c2ccccc21)C(=O)O. The Morgan fingerprint density at radius 1 is 1.08 bits per heavy atom. The van der Waals surface area contributed by atoms with Crippen molar-refractivity contribution in [3.05, 3.63) is 71.4 Å². The summed E-state index contributed by atoms with van der Waals surface area (Å²) < 4.78 is 5.35. The molecule has 0 aromatic heterocycles. The van der Waals surface area contributed by atoms with Crippen LogP contribution in [0.1, 0.15) is 30.9 Å². The van der Waals surface area contributed by atoms with Gasteiger partial charge in [-0.05, 0) is 28.2 Å². The highest BCUT2D eigenvalue weighted by Crippen LogP contribution is 2.44. The lowest BCUT2D eigenvalue weighted by Crippen LogP contribution is -2.29. The molecule has 0 aliphatic heterocycles. The van der Waals surface area contributed by atoms with E-state index in [1.54, 1.807) is 0 Å². The van der Waals surface area contributed by atoms with Crippen molar-refractivity contribution in [2.45, 2.75) is 19.8 Å². The van der Waals surface area contributed by atoms with Crippen molar-refractivity contribution in [2.75, 3.05) is 6.61 Å². The molecule has 0 atom stereocenters. The third-order valence-electron chi connectivity index (χ3n) is 4.31. The molecule has 0 unspecified atom stereocenters. The molecule has 2 aromatic carbocycles. The van der Waals surface area contributed by atoms with Crippen LogP contribution in [0.4, 0.5) is 4.79 Å². The smallest absolute Gasteiger partial charge is 0.411 e. The third kappa shape index (κ3) is 3.61. The molecule has 2 N–H and O–H groups in total. The fourth-order valence-electron chi connectivity index (χ4n) is 3.24. The maximum Gasteiger partial charge on any atom is 0.411 e. The molecule has 0 radical (unpaired) electrons. The number of carboxylic acid groups (broad SMARTS) is 1. The second-order valence-electron chi connectivity index (χ2n) is 6.58. The number of allylic oxidation sites excluding steroid dienone is 1. The lowest BCUT2D eigenvalue weighted by molar-refractivity contribution is -0.133. The molecular formula is C21H21NO4. The molecule has 0 fully saturated rings. The highest BCUT2D eigenvalue weighted by molar-refractivity contribution is 5.90. The largest absolute Gasteiger partial charge is 0.477 e. The number of fused-ring (bicyclic) bond motifs is 3. The summed E-state index contributed by atoms with van der Waals surface area (Å²) in [6.45, 7) is 3.82. The van der Waals surface area contributed by atoms with Crippen molar-refractivity contribution in [3.63, 3.8) is 0 Å². The van der Waals surface area contributed by atoms with Crippen molar-refractivity contribution in [1.29, 1.82) is 0 Å². The molecular weight excluding hydrogens is 330 g/mol. The molecule has 0 bridgehead atoms. The lowest BCUT2D eigenvalue weighted by atomic mass is 9.98. The zero-order valence-corrected chi connectivity index (χ0v) is 14.7. The van der Waals surface area contributed by atoms with Crippen LogP contribution in [0.15, 0.2) is 60.3 Å². The zero-order valence-electron chi connectivity index (χ0n) is 14.7. The maximum absolute atomic E-state index is 12.1. The summed E-state index contributed by atoms with van der Waals surface area (Å²) >= 11 is 0. The monoisotopic (exact) mass is 351 g/mol. The van der Waals surface area contributed by atoms with Gasteiger partial charge in [-0.1, -0.05) is 68.5 Å². The molecule has 0 spiro atoms. The Bertz CT molecular complexity index is 824. The number of hydrogen-bond acceptors (Lipinski definition) is 3. The number of benzene rings is 2. The van der Waals surface area contributed by atoms with Crippen LogP contribution in [-0.4, -0.2) is 23.8 Å². The summed E-state index contributed by atoms with van der Waals surface area (Å²) in [5.41, 5.74) is 4.33. The van der Waals surface area contributed by atoms with Crippen LogP contribution in [0.5, 0.6) is 0 Å². The van der Waals surface area contributed by atoms with Crippen molar-refractivity contribution in [2.24, 2.45) is 5.92 Å². The minimum atomic E-state index is -1.19. The summed E-state index contributed by atoms with van der Waals surface area (Å²) in [7, 11) is 0. The minimum absolute atomic E-state index is 0.00464. The fourth-order valence-corrected chi connectivity index (χ4v) is 3.24. The van der Waals surface area contributed by atoms with Gasteiger partial charge in [-0.25, -0.2) is 9.59 Å². The van der Waals surface area contributed by atoms with E-state index in [-0.39, 0.29) is 24.1 Å². The number of alkyl carbamates (subject to hydrolysis) is 1. The molecule has 1 aliphatic carbocycles.